The lowest BCUT2D eigenvalue weighted by Gasteiger charge is -2.26. The Morgan fingerprint density at radius 3 is 2.42 bits per heavy atom. The number of hydrogen-bond donors (Lipinski definition) is 1. The van der Waals surface area contributed by atoms with E-state index in [1.807, 2.05) is 0 Å². The highest BCUT2D eigenvalue weighted by Gasteiger charge is 2.49. The summed E-state index contributed by atoms with van der Waals surface area (Å²) < 4.78 is 36.9. The van der Waals surface area contributed by atoms with Crippen LogP contribution >= 0.6 is 0 Å². The number of alkyl halides is 3. The van der Waals surface area contributed by atoms with Crippen molar-refractivity contribution in [3.8, 4) is 0 Å². The number of rotatable bonds is 1. The van der Waals surface area contributed by atoms with E-state index < -0.39 is 18.1 Å². The van der Waals surface area contributed by atoms with Crippen molar-refractivity contribution in [2.45, 2.75) is 18.6 Å². The number of aliphatic hydroxyl groups excluding tert-OH is 1. The van der Waals surface area contributed by atoms with Crippen molar-refractivity contribution in [1.82, 2.24) is 4.90 Å². The molecular weight excluding hydrogens is 171 g/mol. The Kier molecular flexibility index (Phi) is 2.63. The zero-order chi connectivity index (χ0) is 9.35. The van der Waals surface area contributed by atoms with Crippen LogP contribution in [0.4, 0.5) is 13.2 Å². The van der Waals surface area contributed by atoms with Gasteiger partial charge < -0.3 is 5.11 Å². The van der Waals surface area contributed by atoms with Crippen molar-refractivity contribution in [3.63, 3.8) is 0 Å². The number of aliphatic hydroxyl groups is 1. The fourth-order valence-corrected chi connectivity index (χ4v) is 1.73. The van der Waals surface area contributed by atoms with Crippen molar-refractivity contribution in [2.75, 3.05) is 20.2 Å². The molecule has 2 atom stereocenters. The molecule has 1 aliphatic heterocycles. The minimum atomic E-state index is -4.21. The van der Waals surface area contributed by atoms with Crippen LogP contribution in [0.3, 0.4) is 0 Å². The van der Waals surface area contributed by atoms with E-state index >= 15 is 0 Å². The maximum absolute atomic E-state index is 12.3. The summed E-state index contributed by atoms with van der Waals surface area (Å²) in [6.45, 7) is 0.0317. The minimum absolute atomic E-state index is 0.380. The Hall–Kier alpha value is -0.290. The third-order valence-electron chi connectivity index (χ3n) is 2.34. The summed E-state index contributed by atoms with van der Waals surface area (Å²) in [5, 5.41) is 8.69. The van der Waals surface area contributed by atoms with E-state index in [1.165, 1.54) is 11.9 Å². The van der Waals surface area contributed by atoms with Crippen LogP contribution in [0.2, 0.25) is 0 Å². The molecule has 0 spiro atoms. The van der Waals surface area contributed by atoms with Crippen molar-refractivity contribution in [2.24, 2.45) is 5.92 Å². The fourth-order valence-electron chi connectivity index (χ4n) is 1.73. The summed E-state index contributed by atoms with van der Waals surface area (Å²) in [7, 11) is 1.44. The average Bonchev–Trinajstić information content (AvgIpc) is 2.29. The first-order valence-electron chi connectivity index (χ1n) is 3.84. The van der Waals surface area contributed by atoms with Crippen molar-refractivity contribution in [1.29, 1.82) is 0 Å². The van der Waals surface area contributed by atoms with Gasteiger partial charge in [0.05, 0.1) is 0 Å². The monoisotopic (exact) mass is 183 g/mol. The highest BCUT2D eigenvalue weighted by atomic mass is 19.4. The van der Waals surface area contributed by atoms with E-state index in [0.717, 1.165) is 0 Å². The van der Waals surface area contributed by atoms with Gasteiger partial charge in [0, 0.05) is 12.5 Å². The number of halogens is 3. The molecule has 72 valence electrons. The van der Waals surface area contributed by atoms with Crippen molar-refractivity contribution in [3.05, 3.63) is 0 Å². The molecule has 0 radical (unpaired) electrons. The Balaban J connectivity index is 2.70. The van der Waals surface area contributed by atoms with Crippen LogP contribution in [0.15, 0.2) is 0 Å². The Morgan fingerprint density at radius 1 is 1.50 bits per heavy atom. The molecule has 0 unspecified atom stereocenters. The first kappa shape index (κ1) is 9.80. The Morgan fingerprint density at radius 2 is 2.08 bits per heavy atom. The normalized spacial score (nSPS) is 32.8. The maximum Gasteiger partial charge on any atom is 0.404 e. The van der Waals surface area contributed by atoms with Gasteiger partial charge in [-0.25, -0.2) is 0 Å². The molecule has 0 aromatic carbocycles. The molecule has 1 rings (SSSR count). The molecule has 0 aromatic rings. The average molecular weight is 183 g/mol. The van der Waals surface area contributed by atoms with Crippen LogP contribution in [-0.2, 0) is 0 Å². The highest BCUT2D eigenvalue weighted by molar-refractivity contribution is 4.89. The van der Waals surface area contributed by atoms with Gasteiger partial charge in [0.2, 0.25) is 0 Å². The van der Waals surface area contributed by atoms with Gasteiger partial charge in [0.15, 0.2) is 0 Å². The summed E-state index contributed by atoms with van der Waals surface area (Å²) in [5.41, 5.74) is 0. The van der Waals surface area contributed by atoms with Crippen molar-refractivity contribution >= 4 is 0 Å². The molecule has 5 heteroatoms. The summed E-state index contributed by atoms with van der Waals surface area (Å²) in [6.07, 6.45) is -3.78. The lowest BCUT2D eigenvalue weighted by molar-refractivity contribution is -0.184. The minimum Gasteiger partial charge on any atom is -0.396 e. The highest BCUT2D eigenvalue weighted by Crippen LogP contribution is 2.35. The van der Waals surface area contributed by atoms with E-state index in [-0.39, 0.29) is 6.61 Å². The molecule has 12 heavy (non-hydrogen) atoms. The van der Waals surface area contributed by atoms with Crippen LogP contribution in [-0.4, -0.2) is 42.4 Å². The fraction of sp³-hybridized carbons (Fsp3) is 1.00. The van der Waals surface area contributed by atoms with Gasteiger partial charge in [-0.05, 0) is 20.0 Å². The topological polar surface area (TPSA) is 23.5 Å². The Bertz CT molecular complexity index is 159. The second-order valence-electron chi connectivity index (χ2n) is 3.20. The molecule has 1 N–H and O–H groups in total. The van der Waals surface area contributed by atoms with Crippen LogP contribution in [0, 0.1) is 5.92 Å². The predicted octanol–water partition coefficient (Wildman–Crippen LogP) is 0.861. The maximum atomic E-state index is 12.3. The first-order valence-corrected chi connectivity index (χ1v) is 3.84. The third-order valence-corrected chi connectivity index (χ3v) is 2.34. The summed E-state index contributed by atoms with van der Waals surface area (Å²) in [4.78, 5) is 1.25. The zero-order valence-electron chi connectivity index (χ0n) is 6.80. The second kappa shape index (κ2) is 3.22. The summed E-state index contributed by atoms with van der Waals surface area (Å²) >= 11 is 0. The summed E-state index contributed by atoms with van der Waals surface area (Å²) in [6, 6.07) is -1.46. The van der Waals surface area contributed by atoms with E-state index in [1.54, 1.807) is 0 Å². The first-order chi connectivity index (χ1) is 5.46. The molecular formula is C7H12F3NO. The lowest BCUT2D eigenvalue weighted by Crippen LogP contribution is -2.43. The van der Waals surface area contributed by atoms with E-state index in [2.05, 4.69) is 0 Å². The molecule has 1 fully saturated rings. The van der Waals surface area contributed by atoms with Crippen molar-refractivity contribution < 1.29 is 18.3 Å². The molecule has 1 heterocycles. The zero-order valence-corrected chi connectivity index (χ0v) is 6.80. The van der Waals surface area contributed by atoms with Gasteiger partial charge in [-0.15, -0.1) is 0 Å². The molecule has 0 aliphatic carbocycles. The van der Waals surface area contributed by atoms with Gasteiger partial charge in [0.25, 0.3) is 0 Å². The van der Waals surface area contributed by atoms with Gasteiger partial charge in [-0.1, -0.05) is 0 Å². The standard InChI is InChI=1S/C7H12F3NO/c1-11-3-2-5(4-12)6(11)7(8,9)10/h5-6,12H,2-4H2,1H3/t5-,6-/m1/s1. The van der Waals surface area contributed by atoms with Crippen LogP contribution in [0.1, 0.15) is 6.42 Å². The molecule has 0 saturated carbocycles. The predicted molar refractivity (Wildman–Crippen MR) is 37.7 cm³/mol. The molecule has 0 aromatic heterocycles. The number of nitrogens with zero attached hydrogens (tertiary/aromatic N) is 1. The van der Waals surface area contributed by atoms with Crippen LogP contribution in [0.5, 0.6) is 0 Å². The molecule has 0 amide bonds. The molecule has 2 nitrogen and oxygen atoms in total. The van der Waals surface area contributed by atoms with Gasteiger partial charge in [0.1, 0.15) is 6.04 Å². The molecule has 0 bridgehead atoms. The van der Waals surface area contributed by atoms with Crippen LogP contribution in [0.25, 0.3) is 0 Å². The van der Waals surface area contributed by atoms with Crippen LogP contribution < -0.4 is 0 Å². The quantitative estimate of drug-likeness (QED) is 0.651. The summed E-state index contributed by atoms with van der Waals surface area (Å²) in [5.74, 6) is -0.644. The Labute approximate surface area is 69.0 Å². The van der Waals surface area contributed by atoms with Gasteiger partial charge >= 0.3 is 6.18 Å². The number of hydrogen-bond acceptors (Lipinski definition) is 2. The smallest absolute Gasteiger partial charge is 0.396 e. The molecule has 1 aliphatic rings. The largest absolute Gasteiger partial charge is 0.404 e. The third kappa shape index (κ3) is 1.72. The second-order valence-corrected chi connectivity index (χ2v) is 3.20. The lowest BCUT2D eigenvalue weighted by atomic mass is 10.0. The van der Waals surface area contributed by atoms with E-state index in [0.29, 0.717) is 13.0 Å². The SMILES string of the molecule is CN1CC[C@H](CO)[C@@H]1C(F)(F)F. The van der Waals surface area contributed by atoms with E-state index in [4.69, 9.17) is 5.11 Å². The van der Waals surface area contributed by atoms with Gasteiger partial charge in [-0.2, -0.15) is 13.2 Å². The molecule has 1 saturated heterocycles. The number of likely N-dealkylation sites (tertiary alicyclic amines) is 1. The van der Waals surface area contributed by atoms with E-state index in [9.17, 15) is 13.2 Å². The van der Waals surface area contributed by atoms with Gasteiger partial charge in [-0.3, -0.25) is 4.90 Å².